The van der Waals surface area contributed by atoms with Crippen molar-refractivity contribution in [3.8, 4) is 11.5 Å². The fourth-order valence-corrected chi connectivity index (χ4v) is 2.32. The van der Waals surface area contributed by atoms with Crippen LogP contribution in [0.1, 0.15) is 11.1 Å². The number of ether oxygens (including phenoxy) is 1. The Morgan fingerprint density at radius 3 is 2.68 bits per heavy atom. The number of para-hydroxylation sites is 1. The van der Waals surface area contributed by atoms with E-state index in [0.29, 0.717) is 6.54 Å². The average Bonchev–Trinajstić information content (AvgIpc) is 2.52. The van der Waals surface area contributed by atoms with Crippen LogP contribution in [0.3, 0.4) is 0 Å². The highest BCUT2D eigenvalue weighted by Gasteiger charge is 2.07. The first-order valence-corrected chi connectivity index (χ1v) is 7.50. The van der Waals surface area contributed by atoms with Crippen LogP contribution in [-0.4, -0.2) is 36.5 Å². The van der Waals surface area contributed by atoms with Crippen molar-refractivity contribution in [3.05, 3.63) is 59.7 Å². The van der Waals surface area contributed by atoms with Gasteiger partial charge in [0.1, 0.15) is 24.2 Å². The molecule has 4 heteroatoms. The summed E-state index contributed by atoms with van der Waals surface area (Å²) in [7, 11) is 1.80. The van der Waals surface area contributed by atoms with E-state index in [0.717, 1.165) is 29.7 Å². The lowest BCUT2D eigenvalue weighted by atomic mass is 10.0. The average molecular weight is 301 g/mol. The summed E-state index contributed by atoms with van der Waals surface area (Å²) in [6, 6.07) is 15.2. The standard InChI is InChI=1S/C18H23NO3/c1-19-12-17(21)13-22-18-8-3-2-6-15(18)10-9-14-5-4-7-16(20)11-14/h2-8,11,17,19-21H,9-10,12-13H2,1H3/t17-/m1/s1. The third-order valence-corrected chi connectivity index (χ3v) is 3.44. The molecule has 3 N–H and O–H groups in total. The van der Waals surface area contributed by atoms with Crippen LogP contribution in [-0.2, 0) is 12.8 Å². The molecule has 0 amide bonds. The molecule has 1 atom stereocenters. The molecule has 118 valence electrons. The summed E-state index contributed by atoms with van der Waals surface area (Å²) in [6.45, 7) is 0.773. The molecule has 4 nitrogen and oxygen atoms in total. The molecule has 0 bridgehead atoms. The minimum Gasteiger partial charge on any atom is -0.508 e. The number of hydrogen-bond acceptors (Lipinski definition) is 4. The van der Waals surface area contributed by atoms with E-state index < -0.39 is 6.10 Å². The van der Waals surface area contributed by atoms with Crippen molar-refractivity contribution in [2.45, 2.75) is 18.9 Å². The largest absolute Gasteiger partial charge is 0.508 e. The maximum absolute atomic E-state index is 9.72. The first-order chi connectivity index (χ1) is 10.7. The predicted molar refractivity (Wildman–Crippen MR) is 87.4 cm³/mol. The number of aliphatic hydroxyl groups is 1. The van der Waals surface area contributed by atoms with Gasteiger partial charge in [0, 0.05) is 6.54 Å². The smallest absolute Gasteiger partial charge is 0.122 e. The van der Waals surface area contributed by atoms with Crippen LogP contribution in [0.2, 0.25) is 0 Å². The second-order valence-electron chi connectivity index (χ2n) is 5.30. The highest BCUT2D eigenvalue weighted by atomic mass is 16.5. The molecule has 0 heterocycles. The Morgan fingerprint density at radius 1 is 1.09 bits per heavy atom. The Labute approximate surface area is 131 Å². The van der Waals surface area contributed by atoms with Crippen molar-refractivity contribution in [2.24, 2.45) is 0 Å². The molecular formula is C18H23NO3. The van der Waals surface area contributed by atoms with Gasteiger partial charge in [0.25, 0.3) is 0 Å². The Balaban J connectivity index is 1.96. The maximum Gasteiger partial charge on any atom is 0.122 e. The van der Waals surface area contributed by atoms with E-state index in [1.807, 2.05) is 36.4 Å². The summed E-state index contributed by atoms with van der Waals surface area (Å²) >= 11 is 0. The van der Waals surface area contributed by atoms with Crippen LogP contribution in [0.15, 0.2) is 48.5 Å². The number of nitrogens with one attached hydrogen (secondary N) is 1. The van der Waals surface area contributed by atoms with Gasteiger partial charge in [0.2, 0.25) is 0 Å². The molecule has 0 aliphatic rings. The Bertz CT molecular complexity index is 586. The number of aryl methyl sites for hydroxylation is 2. The van der Waals surface area contributed by atoms with Crippen molar-refractivity contribution in [2.75, 3.05) is 20.2 Å². The Kier molecular flexibility index (Phi) is 6.25. The van der Waals surface area contributed by atoms with Gasteiger partial charge in [-0.15, -0.1) is 0 Å². The Hall–Kier alpha value is -2.04. The van der Waals surface area contributed by atoms with Gasteiger partial charge in [0.15, 0.2) is 0 Å². The van der Waals surface area contributed by atoms with Crippen LogP contribution in [0.4, 0.5) is 0 Å². The number of aromatic hydroxyl groups is 1. The Morgan fingerprint density at radius 2 is 1.91 bits per heavy atom. The monoisotopic (exact) mass is 301 g/mol. The summed E-state index contributed by atoms with van der Waals surface area (Å²) in [6.07, 6.45) is 1.12. The van der Waals surface area contributed by atoms with Crippen molar-refractivity contribution in [1.29, 1.82) is 0 Å². The third-order valence-electron chi connectivity index (χ3n) is 3.44. The van der Waals surface area contributed by atoms with Gasteiger partial charge in [-0.2, -0.15) is 0 Å². The molecule has 0 radical (unpaired) electrons. The van der Waals surface area contributed by atoms with Gasteiger partial charge in [-0.1, -0.05) is 30.3 Å². The van der Waals surface area contributed by atoms with Crippen LogP contribution in [0, 0.1) is 0 Å². The second-order valence-corrected chi connectivity index (χ2v) is 5.30. The molecule has 0 aromatic heterocycles. The normalized spacial score (nSPS) is 12.1. The van der Waals surface area contributed by atoms with Crippen LogP contribution in [0.25, 0.3) is 0 Å². The van der Waals surface area contributed by atoms with Crippen molar-refractivity contribution in [1.82, 2.24) is 5.32 Å². The van der Waals surface area contributed by atoms with E-state index in [1.54, 1.807) is 19.2 Å². The lowest BCUT2D eigenvalue weighted by Crippen LogP contribution is -2.29. The van der Waals surface area contributed by atoms with E-state index in [1.165, 1.54) is 0 Å². The van der Waals surface area contributed by atoms with Gasteiger partial charge >= 0.3 is 0 Å². The number of hydrogen-bond donors (Lipinski definition) is 3. The molecule has 0 saturated heterocycles. The van der Waals surface area contributed by atoms with Gasteiger partial charge < -0.3 is 20.3 Å². The minimum atomic E-state index is -0.524. The van der Waals surface area contributed by atoms with Gasteiger partial charge in [-0.25, -0.2) is 0 Å². The molecule has 22 heavy (non-hydrogen) atoms. The van der Waals surface area contributed by atoms with Gasteiger partial charge in [-0.05, 0) is 49.2 Å². The summed E-state index contributed by atoms with van der Waals surface area (Å²) in [5.41, 5.74) is 2.19. The van der Waals surface area contributed by atoms with E-state index in [4.69, 9.17) is 4.74 Å². The number of rotatable bonds is 8. The molecular weight excluding hydrogens is 278 g/mol. The predicted octanol–water partition coefficient (Wildman–Crippen LogP) is 2.14. The number of phenols is 1. The first kappa shape index (κ1) is 16.3. The topological polar surface area (TPSA) is 61.7 Å². The van der Waals surface area contributed by atoms with Crippen molar-refractivity contribution >= 4 is 0 Å². The van der Waals surface area contributed by atoms with E-state index >= 15 is 0 Å². The maximum atomic E-state index is 9.72. The number of phenolic OH excluding ortho intramolecular Hbond substituents is 1. The molecule has 2 rings (SSSR count). The molecule has 0 unspecified atom stereocenters. The van der Waals surface area contributed by atoms with Gasteiger partial charge in [-0.3, -0.25) is 0 Å². The van der Waals surface area contributed by atoms with Crippen molar-refractivity contribution in [3.63, 3.8) is 0 Å². The van der Waals surface area contributed by atoms with E-state index in [9.17, 15) is 10.2 Å². The molecule has 0 aliphatic heterocycles. The zero-order valence-corrected chi connectivity index (χ0v) is 12.8. The molecule has 2 aromatic carbocycles. The van der Waals surface area contributed by atoms with Crippen molar-refractivity contribution < 1.29 is 14.9 Å². The third kappa shape index (κ3) is 5.06. The van der Waals surface area contributed by atoms with Crippen LogP contribution >= 0.6 is 0 Å². The van der Waals surface area contributed by atoms with E-state index in [2.05, 4.69) is 5.32 Å². The lowest BCUT2D eigenvalue weighted by molar-refractivity contribution is 0.107. The quantitative estimate of drug-likeness (QED) is 0.699. The molecule has 0 aliphatic carbocycles. The SMILES string of the molecule is CNC[C@@H](O)COc1ccccc1CCc1cccc(O)c1. The summed E-state index contributed by atoms with van der Waals surface area (Å²) in [4.78, 5) is 0. The first-order valence-electron chi connectivity index (χ1n) is 7.50. The summed E-state index contributed by atoms with van der Waals surface area (Å²) < 4.78 is 5.72. The zero-order valence-electron chi connectivity index (χ0n) is 12.8. The zero-order chi connectivity index (χ0) is 15.8. The van der Waals surface area contributed by atoms with Crippen LogP contribution in [0.5, 0.6) is 11.5 Å². The fourth-order valence-electron chi connectivity index (χ4n) is 2.32. The minimum absolute atomic E-state index is 0.268. The number of aliphatic hydroxyl groups excluding tert-OH is 1. The molecule has 0 spiro atoms. The van der Waals surface area contributed by atoms with E-state index in [-0.39, 0.29) is 12.4 Å². The highest BCUT2D eigenvalue weighted by molar-refractivity contribution is 5.35. The highest BCUT2D eigenvalue weighted by Crippen LogP contribution is 2.21. The number of likely N-dealkylation sites (N-methyl/N-ethyl adjacent to an activating group) is 1. The second kappa shape index (κ2) is 8.41. The van der Waals surface area contributed by atoms with Crippen LogP contribution < -0.4 is 10.1 Å². The summed E-state index contributed by atoms with van der Waals surface area (Å²) in [5.74, 6) is 1.09. The fraction of sp³-hybridized carbons (Fsp3) is 0.333. The molecule has 0 fully saturated rings. The molecule has 0 saturated carbocycles. The van der Waals surface area contributed by atoms with Gasteiger partial charge in [0.05, 0.1) is 0 Å². The summed E-state index contributed by atoms with van der Waals surface area (Å²) in [5, 5.41) is 22.1. The number of benzene rings is 2. The lowest BCUT2D eigenvalue weighted by Gasteiger charge is -2.15. The molecule has 2 aromatic rings.